The standard InChI is InChI=1S/C22H21F2N3O2/c1-26(13-14-6-9-16(29-2)10-7-14)22(28)21-17-4-3-5-20(17)27(25-21)15-8-11-18(23)19(24)12-15/h6-12H,3-5,13H2,1-2H3. The Hall–Kier alpha value is -3.22. The van der Waals surface area contributed by atoms with Crippen LogP contribution in [0.3, 0.4) is 0 Å². The molecule has 1 aliphatic rings. The topological polar surface area (TPSA) is 47.4 Å². The van der Waals surface area contributed by atoms with Gasteiger partial charge in [0.05, 0.1) is 12.8 Å². The van der Waals surface area contributed by atoms with Crippen molar-refractivity contribution in [3.63, 3.8) is 0 Å². The highest BCUT2D eigenvalue weighted by atomic mass is 19.2. The summed E-state index contributed by atoms with van der Waals surface area (Å²) in [4.78, 5) is 14.7. The molecule has 2 aromatic carbocycles. The van der Waals surface area contributed by atoms with Crippen LogP contribution in [0.15, 0.2) is 42.5 Å². The van der Waals surface area contributed by atoms with Gasteiger partial charge < -0.3 is 9.64 Å². The Balaban J connectivity index is 1.62. The summed E-state index contributed by atoms with van der Waals surface area (Å²) in [7, 11) is 3.33. The Morgan fingerprint density at radius 2 is 1.90 bits per heavy atom. The van der Waals surface area contributed by atoms with E-state index in [1.807, 2.05) is 24.3 Å². The average Bonchev–Trinajstić information content (AvgIpc) is 3.33. The molecule has 0 atom stereocenters. The second-order valence-electron chi connectivity index (χ2n) is 7.15. The van der Waals surface area contributed by atoms with Crippen LogP contribution in [0.25, 0.3) is 5.69 Å². The van der Waals surface area contributed by atoms with E-state index >= 15 is 0 Å². The van der Waals surface area contributed by atoms with E-state index in [0.29, 0.717) is 17.9 Å². The summed E-state index contributed by atoms with van der Waals surface area (Å²) in [5.74, 6) is -1.28. The molecule has 7 heteroatoms. The first-order valence-corrected chi connectivity index (χ1v) is 9.42. The lowest BCUT2D eigenvalue weighted by Gasteiger charge is -2.17. The maximum absolute atomic E-state index is 13.7. The zero-order chi connectivity index (χ0) is 20.5. The normalized spacial score (nSPS) is 12.7. The fraction of sp³-hybridized carbons (Fsp3) is 0.273. The second-order valence-corrected chi connectivity index (χ2v) is 7.15. The molecule has 0 saturated carbocycles. The summed E-state index contributed by atoms with van der Waals surface area (Å²) >= 11 is 0. The highest BCUT2D eigenvalue weighted by Crippen LogP contribution is 2.29. The molecule has 0 N–H and O–H groups in total. The van der Waals surface area contributed by atoms with Crippen molar-refractivity contribution in [2.24, 2.45) is 0 Å². The van der Waals surface area contributed by atoms with E-state index < -0.39 is 11.6 Å². The monoisotopic (exact) mass is 397 g/mol. The van der Waals surface area contributed by atoms with Gasteiger partial charge in [-0.15, -0.1) is 0 Å². The molecule has 5 nitrogen and oxygen atoms in total. The minimum absolute atomic E-state index is 0.194. The predicted molar refractivity (Wildman–Crippen MR) is 104 cm³/mol. The molecule has 29 heavy (non-hydrogen) atoms. The van der Waals surface area contributed by atoms with Gasteiger partial charge in [-0.2, -0.15) is 5.10 Å². The van der Waals surface area contributed by atoms with Crippen molar-refractivity contribution in [3.05, 3.63) is 76.6 Å². The van der Waals surface area contributed by atoms with Gasteiger partial charge in [0.1, 0.15) is 5.75 Å². The predicted octanol–water partition coefficient (Wildman–Crippen LogP) is 3.92. The van der Waals surface area contributed by atoms with Gasteiger partial charge >= 0.3 is 0 Å². The van der Waals surface area contributed by atoms with Crippen LogP contribution in [0.1, 0.15) is 33.7 Å². The molecule has 1 heterocycles. The molecule has 1 aliphatic carbocycles. The van der Waals surface area contributed by atoms with Gasteiger partial charge in [0, 0.05) is 30.9 Å². The lowest BCUT2D eigenvalue weighted by atomic mass is 10.1. The molecule has 0 saturated heterocycles. The highest BCUT2D eigenvalue weighted by Gasteiger charge is 2.28. The molecule has 1 amide bonds. The first-order chi connectivity index (χ1) is 14.0. The summed E-state index contributed by atoms with van der Waals surface area (Å²) in [6.07, 6.45) is 2.40. The van der Waals surface area contributed by atoms with Gasteiger partial charge in [0.25, 0.3) is 5.91 Å². The van der Waals surface area contributed by atoms with Crippen LogP contribution in [0.5, 0.6) is 5.75 Å². The van der Waals surface area contributed by atoms with E-state index in [0.717, 1.165) is 54.0 Å². The maximum Gasteiger partial charge on any atom is 0.274 e. The van der Waals surface area contributed by atoms with Crippen molar-refractivity contribution in [1.82, 2.24) is 14.7 Å². The first kappa shape index (κ1) is 19.1. The van der Waals surface area contributed by atoms with Crippen molar-refractivity contribution >= 4 is 5.91 Å². The number of nitrogens with zero attached hydrogens (tertiary/aromatic N) is 3. The molecule has 0 unspecified atom stereocenters. The highest BCUT2D eigenvalue weighted by molar-refractivity contribution is 5.94. The minimum Gasteiger partial charge on any atom is -0.497 e. The molecular formula is C22H21F2N3O2. The average molecular weight is 397 g/mol. The smallest absolute Gasteiger partial charge is 0.274 e. The molecule has 0 aliphatic heterocycles. The summed E-state index contributed by atoms with van der Waals surface area (Å²) in [6.45, 7) is 0.426. The fourth-order valence-corrected chi connectivity index (χ4v) is 3.70. The van der Waals surface area contributed by atoms with E-state index in [4.69, 9.17) is 4.74 Å². The van der Waals surface area contributed by atoms with Gasteiger partial charge in [0.15, 0.2) is 17.3 Å². The molecule has 1 aromatic heterocycles. The van der Waals surface area contributed by atoms with E-state index in [-0.39, 0.29) is 5.91 Å². The van der Waals surface area contributed by atoms with Crippen molar-refractivity contribution in [2.45, 2.75) is 25.8 Å². The summed E-state index contributed by atoms with van der Waals surface area (Å²) in [6, 6.07) is 11.2. The van der Waals surface area contributed by atoms with Gasteiger partial charge in [-0.25, -0.2) is 13.5 Å². The zero-order valence-corrected chi connectivity index (χ0v) is 16.3. The van der Waals surface area contributed by atoms with Crippen LogP contribution in [0.4, 0.5) is 8.78 Å². The SMILES string of the molecule is COc1ccc(CN(C)C(=O)c2nn(-c3ccc(F)c(F)c3)c3c2CCC3)cc1. The van der Waals surface area contributed by atoms with Crippen LogP contribution in [-0.2, 0) is 19.4 Å². The Bertz CT molecular complexity index is 1060. The molecular weight excluding hydrogens is 376 g/mol. The summed E-state index contributed by atoms with van der Waals surface area (Å²) < 4.78 is 33.7. The van der Waals surface area contributed by atoms with Crippen LogP contribution < -0.4 is 4.74 Å². The Kier molecular flexibility index (Phi) is 5.05. The van der Waals surface area contributed by atoms with Gasteiger partial charge in [-0.1, -0.05) is 12.1 Å². The summed E-state index contributed by atoms with van der Waals surface area (Å²) in [5.41, 5.74) is 3.54. The zero-order valence-electron chi connectivity index (χ0n) is 16.3. The third-order valence-electron chi connectivity index (χ3n) is 5.21. The number of carbonyl (C=O) groups excluding carboxylic acids is 1. The number of fused-ring (bicyclic) bond motifs is 1. The number of amides is 1. The second kappa shape index (κ2) is 7.66. The molecule has 150 valence electrons. The van der Waals surface area contributed by atoms with Crippen molar-refractivity contribution in [3.8, 4) is 11.4 Å². The van der Waals surface area contributed by atoms with Gasteiger partial charge in [-0.05, 0) is 49.1 Å². The molecule has 4 rings (SSSR count). The largest absolute Gasteiger partial charge is 0.497 e. The lowest BCUT2D eigenvalue weighted by Crippen LogP contribution is -2.27. The van der Waals surface area contributed by atoms with Crippen LogP contribution in [0, 0.1) is 11.6 Å². The van der Waals surface area contributed by atoms with Crippen molar-refractivity contribution in [1.29, 1.82) is 0 Å². The van der Waals surface area contributed by atoms with Gasteiger partial charge in [0.2, 0.25) is 0 Å². The molecule has 0 radical (unpaired) electrons. The molecule has 0 spiro atoms. The molecule has 0 fully saturated rings. The number of aromatic nitrogens is 2. The van der Waals surface area contributed by atoms with Crippen LogP contribution in [-0.4, -0.2) is 34.7 Å². The third kappa shape index (κ3) is 3.60. The Morgan fingerprint density at radius 3 is 2.59 bits per heavy atom. The number of methoxy groups -OCH3 is 1. The quantitative estimate of drug-likeness (QED) is 0.656. The van der Waals surface area contributed by atoms with E-state index in [1.54, 1.807) is 23.7 Å². The lowest BCUT2D eigenvalue weighted by molar-refractivity contribution is 0.0777. The van der Waals surface area contributed by atoms with Crippen LogP contribution in [0.2, 0.25) is 0 Å². The number of ether oxygens (including phenoxy) is 1. The van der Waals surface area contributed by atoms with Crippen molar-refractivity contribution < 1.29 is 18.3 Å². The molecule has 3 aromatic rings. The van der Waals surface area contributed by atoms with E-state index in [9.17, 15) is 13.6 Å². The number of benzene rings is 2. The van der Waals surface area contributed by atoms with Gasteiger partial charge in [-0.3, -0.25) is 4.79 Å². The summed E-state index contributed by atoms with van der Waals surface area (Å²) in [5, 5.41) is 4.48. The van der Waals surface area contributed by atoms with Crippen LogP contribution >= 0.6 is 0 Å². The Morgan fingerprint density at radius 1 is 1.14 bits per heavy atom. The minimum atomic E-state index is -0.936. The number of halogens is 2. The van der Waals surface area contributed by atoms with E-state index in [2.05, 4.69) is 5.10 Å². The first-order valence-electron chi connectivity index (χ1n) is 9.42. The Labute approximate surface area is 167 Å². The fourth-order valence-electron chi connectivity index (χ4n) is 3.70. The molecule has 0 bridgehead atoms. The number of hydrogen-bond donors (Lipinski definition) is 0. The third-order valence-corrected chi connectivity index (χ3v) is 5.21. The maximum atomic E-state index is 13.7. The van der Waals surface area contributed by atoms with Crippen molar-refractivity contribution in [2.75, 3.05) is 14.2 Å². The number of rotatable bonds is 5. The number of carbonyl (C=O) groups is 1. The number of hydrogen-bond acceptors (Lipinski definition) is 3. The van der Waals surface area contributed by atoms with E-state index in [1.165, 1.54) is 6.07 Å².